The van der Waals surface area contributed by atoms with Crippen LogP contribution in [0.5, 0.6) is 0 Å². The molecule has 0 aliphatic carbocycles. The van der Waals surface area contributed by atoms with Crippen molar-refractivity contribution in [3.05, 3.63) is 34.0 Å². The highest BCUT2D eigenvalue weighted by atomic mass is 35.5. The first-order valence-electron chi connectivity index (χ1n) is 7.53. The number of nitrogens with one attached hydrogen (secondary N) is 1. The van der Waals surface area contributed by atoms with Gasteiger partial charge in [0.25, 0.3) is 0 Å². The van der Waals surface area contributed by atoms with E-state index in [2.05, 4.69) is 20.4 Å². The molecule has 0 aliphatic heterocycles. The molecule has 1 aromatic carbocycles. The van der Waals surface area contributed by atoms with Crippen molar-refractivity contribution in [3.8, 4) is 5.69 Å². The van der Waals surface area contributed by atoms with E-state index in [1.54, 1.807) is 0 Å². The number of rotatable bonds is 2. The summed E-state index contributed by atoms with van der Waals surface area (Å²) in [6, 6.07) is 1.44. The van der Waals surface area contributed by atoms with E-state index in [9.17, 15) is 26.3 Å². The van der Waals surface area contributed by atoms with Gasteiger partial charge in [-0.2, -0.15) is 31.3 Å². The van der Waals surface area contributed by atoms with Crippen LogP contribution in [0.4, 0.5) is 38.1 Å². The van der Waals surface area contributed by atoms with Gasteiger partial charge in [0.1, 0.15) is 5.82 Å². The second-order valence-electron chi connectivity index (χ2n) is 5.76. The Hall–Kier alpha value is -2.76. The van der Waals surface area contributed by atoms with Crippen LogP contribution in [0.3, 0.4) is 0 Å². The molecular weight excluding hydrogens is 414 g/mol. The van der Waals surface area contributed by atoms with Crippen LogP contribution in [0, 0.1) is 6.92 Å². The van der Waals surface area contributed by atoms with E-state index in [1.807, 2.05) is 0 Å². The van der Waals surface area contributed by atoms with E-state index in [1.165, 1.54) is 14.0 Å². The fraction of sp³-hybridized carbons (Fsp3) is 0.267. The lowest BCUT2D eigenvalue weighted by molar-refractivity contribution is -0.140. The molecule has 0 spiro atoms. The summed E-state index contributed by atoms with van der Waals surface area (Å²) >= 11 is 5.98. The maximum absolute atomic E-state index is 13.4. The lowest BCUT2D eigenvalue weighted by Gasteiger charge is -2.14. The minimum Gasteiger partial charge on any atom is -0.383 e. The van der Waals surface area contributed by atoms with Gasteiger partial charge in [0.05, 0.1) is 21.7 Å². The molecule has 0 aliphatic rings. The number of halogens is 7. The van der Waals surface area contributed by atoms with Crippen LogP contribution >= 0.6 is 11.6 Å². The number of benzene rings is 1. The average Bonchev–Trinajstić information content (AvgIpc) is 2.88. The topological polar surface area (TPSA) is 81.6 Å². The third-order valence-corrected chi connectivity index (χ3v) is 4.14. The summed E-state index contributed by atoms with van der Waals surface area (Å²) in [7, 11) is 1.32. The van der Waals surface area contributed by atoms with Crippen molar-refractivity contribution in [2.45, 2.75) is 19.3 Å². The first-order chi connectivity index (χ1) is 12.8. The molecule has 3 rings (SSSR count). The van der Waals surface area contributed by atoms with Crippen molar-refractivity contribution in [3.63, 3.8) is 0 Å². The monoisotopic (exact) mass is 424 g/mol. The predicted octanol–water partition coefficient (Wildman–Crippen LogP) is 4.44. The Morgan fingerprint density at radius 3 is 2.21 bits per heavy atom. The van der Waals surface area contributed by atoms with Crippen LogP contribution in [0.1, 0.15) is 16.8 Å². The standard InChI is InChI=1S/C15H11ClF6N6/c1-5-3-6(14(17,18)19)4-7(16)9(5)28-11(23)8-10(15(20,21)22)25-13(24-2)26-12(8)27-28/h3-4H,23H2,1-2H3,(H,24,26,27). The number of fused-ring (bicyclic) bond motifs is 1. The molecule has 28 heavy (non-hydrogen) atoms. The number of aromatic nitrogens is 4. The number of alkyl halides is 6. The Morgan fingerprint density at radius 1 is 1.07 bits per heavy atom. The summed E-state index contributed by atoms with van der Waals surface area (Å²) in [6.45, 7) is 1.30. The Kier molecular flexibility index (Phi) is 4.57. The molecular formula is C15H11ClF6N6. The van der Waals surface area contributed by atoms with E-state index in [-0.39, 0.29) is 27.9 Å². The van der Waals surface area contributed by atoms with E-state index < -0.39 is 34.8 Å². The molecule has 0 saturated carbocycles. The van der Waals surface area contributed by atoms with Crippen LogP contribution in [0.2, 0.25) is 5.02 Å². The first-order valence-corrected chi connectivity index (χ1v) is 7.91. The fourth-order valence-corrected chi connectivity index (χ4v) is 3.01. The van der Waals surface area contributed by atoms with Gasteiger partial charge in [-0.05, 0) is 24.6 Å². The minimum atomic E-state index is -4.87. The molecule has 0 amide bonds. The van der Waals surface area contributed by atoms with Crippen LogP contribution in [0.25, 0.3) is 16.7 Å². The number of nitrogen functional groups attached to an aromatic ring is 1. The first kappa shape index (κ1) is 20.0. The third kappa shape index (κ3) is 3.28. The van der Waals surface area contributed by atoms with Crippen molar-refractivity contribution in [1.82, 2.24) is 19.7 Å². The Balaban J connectivity index is 2.33. The number of hydrogen-bond acceptors (Lipinski definition) is 5. The summed E-state index contributed by atoms with van der Waals surface area (Å²) in [6.07, 6.45) is -9.52. The predicted molar refractivity (Wildman–Crippen MR) is 90.4 cm³/mol. The lowest BCUT2D eigenvalue weighted by Crippen LogP contribution is -2.12. The van der Waals surface area contributed by atoms with Gasteiger partial charge in [-0.15, -0.1) is 5.10 Å². The summed E-state index contributed by atoms with van der Waals surface area (Å²) in [5, 5.41) is 5.33. The van der Waals surface area contributed by atoms with Crippen molar-refractivity contribution >= 4 is 34.4 Å². The summed E-state index contributed by atoms with van der Waals surface area (Å²) in [5.74, 6) is -0.852. The van der Waals surface area contributed by atoms with Crippen molar-refractivity contribution < 1.29 is 26.3 Å². The van der Waals surface area contributed by atoms with E-state index in [0.717, 1.165) is 10.7 Å². The molecule has 0 saturated heterocycles. The maximum Gasteiger partial charge on any atom is 0.434 e. The molecule has 2 aromatic heterocycles. The Bertz CT molecular complexity index is 1050. The number of nitrogens with zero attached hydrogens (tertiary/aromatic N) is 4. The molecule has 6 nitrogen and oxygen atoms in total. The van der Waals surface area contributed by atoms with Gasteiger partial charge in [-0.1, -0.05) is 11.6 Å². The lowest BCUT2D eigenvalue weighted by atomic mass is 10.1. The summed E-state index contributed by atoms with van der Waals surface area (Å²) in [4.78, 5) is 7.22. The third-order valence-electron chi connectivity index (χ3n) is 3.85. The number of hydrogen-bond donors (Lipinski definition) is 2. The van der Waals surface area contributed by atoms with E-state index >= 15 is 0 Å². The molecule has 0 radical (unpaired) electrons. The zero-order chi connectivity index (χ0) is 21.0. The van der Waals surface area contributed by atoms with Gasteiger partial charge in [0.2, 0.25) is 5.95 Å². The molecule has 0 unspecified atom stereocenters. The average molecular weight is 425 g/mol. The highest BCUT2D eigenvalue weighted by molar-refractivity contribution is 6.32. The van der Waals surface area contributed by atoms with Gasteiger partial charge in [-0.25, -0.2) is 9.67 Å². The highest BCUT2D eigenvalue weighted by Gasteiger charge is 2.38. The molecule has 0 atom stereocenters. The van der Waals surface area contributed by atoms with Gasteiger partial charge in [-0.3, -0.25) is 0 Å². The van der Waals surface area contributed by atoms with Gasteiger partial charge in [0.15, 0.2) is 11.3 Å². The van der Waals surface area contributed by atoms with E-state index in [4.69, 9.17) is 17.3 Å². The normalized spacial score (nSPS) is 12.6. The Labute approximate surface area is 158 Å². The highest BCUT2D eigenvalue weighted by Crippen LogP contribution is 2.39. The Morgan fingerprint density at radius 2 is 1.71 bits per heavy atom. The second kappa shape index (κ2) is 6.40. The van der Waals surface area contributed by atoms with E-state index in [0.29, 0.717) is 6.07 Å². The van der Waals surface area contributed by atoms with Crippen LogP contribution < -0.4 is 11.1 Å². The zero-order valence-corrected chi connectivity index (χ0v) is 14.9. The largest absolute Gasteiger partial charge is 0.434 e. The fourth-order valence-electron chi connectivity index (χ4n) is 2.67. The molecule has 3 N–H and O–H groups in total. The number of anilines is 2. The SMILES string of the molecule is CNc1nc(C(F)(F)F)c2c(N)n(-c3c(C)cc(C(F)(F)F)cc3Cl)nc2n1. The smallest absolute Gasteiger partial charge is 0.383 e. The zero-order valence-electron chi connectivity index (χ0n) is 14.2. The molecule has 0 fully saturated rings. The molecule has 0 bridgehead atoms. The summed E-state index contributed by atoms with van der Waals surface area (Å²) < 4.78 is 79.9. The van der Waals surface area contributed by atoms with Gasteiger partial charge in [0, 0.05) is 7.05 Å². The number of nitrogens with two attached hydrogens (primary N) is 1. The van der Waals surface area contributed by atoms with Gasteiger partial charge < -0.3 is 11.1 Å². The van der Waals surface area contributed by atoms with Crippen LogP contribution in [0.15, 0.2) is 12.1 Å². The van der Waals surface area contributed by atoms with Gasteiger partial charge >= 0.3 is 12.4 Å². The maximum atomic E-state index is 13.4. The van der Waals surface area contributed by atoms with Crippen LogP contribution in [-0.4, -0.2) is 26.8 Å². The van der Waals surface area contributed by atoms with Crippen molar-refractivity contribution in [2.75, 3.05) is 18.1 Å². The van der Waals surface area contributed by atoms with Crippen LogP contribution in [-0.2, 0) is 12.4 Å². The molecule has 13 heteroatoms. The summed E-state index contributed by atoms with van der Waals surface area (Å²) in [5.41, 5.74) is 3.03. The van der Waals surface area contributed by atoms with Crippen molar-refractivity contribution in [2.24, 2.45) is 0 Å². The molecule has 2 heterocycles. The minimum absolute atomic E-state index is 0.00897. The molecule has 150 valence electrons. The second-order valence-corrected chi connectivity index (χ2v) is 6.17. The number of aryl methyl sites for hydroxylation is 1. The van der Waals surface area contributed by atoms with Crippen molar-refractivity contribution in [1.29, 1.82) is 0 Å². The molecule has 3 aromatic rings. The quantitative estimate of drug-likeness (QED) is 0.594.